The Bertz CT molecular complexity index is 289. The van der Waals surface area contributed by atoms with Crippen LogP contribution >= 0.6 is 11.3 Å². The number of thiazole rings is 1. The third-order valence-electron chi connectivity index (χ3n) is 3.73. The second kappa shape index (κ2) is 5.78. The molecule has 90 valence electrons. The molecule has 1 aliphatic rings. The van der Waals surface area contributed by atoms with Crippen molar-refractivity contribution in [1.82, 2.24) is 10.3 Å². The van der Waals surface area contributed by atoms with Crippen LogP contribution in [0.4, 0.5) is 0 Å². The molecule has 1 atom stereocenters. The molecular weight excluding hydrogens is 216 g/mol. The van der Waals surface area contributed by atoms with Gasteiger partial charge in [0.1, 0.15) is 5.01 Å². The number of nitrogens with one attached hydrogen (secondary N) is 1. The van der Waals surface area contributed by atoms with E-state index in [1.165, 1.54) is 37.1 Å². The van der Waals surface area contributed by atoms with Crippen molar-refractivity contribution in [1.29, 1.82) is 0 Å². The van der Waals surface area contributed by atoms with E-state index in [0.29, 0.717) is 12.1 Å². The summed E-state index contributed by atoms with van der Waals surface area (Å²) >= 11 is 1.75. The van der Waals surface area contributed by atoms with Crippen LogP contribution in [0.15, 0.2) is 11.6 Å². The van der Waals surface area contributed by atoms with E-state index in [1.807, 2.05) is 6.20 Å². The lowest BCUT2D eigenvalue weighted by Gasteiger charge is -2.30. The van der Waals surface area contributed by atoms with Crippen molar-refractivity contribution in [2.45, 2.75) is 58.0 Å². The van der Waals surface area contributed by atoms with E-state index in [0.717, 1.165) is 5.92 Å². The van der Waals surface area contributed by atoms with Crippen LogP contribution < -0.4 is 5.32 Å². The monoisotopic (exact) mass is 238 g/mol. The molecule has 16 heavy (non-hydrogen) atoms. The van der Waals surface area contributed by atoms with Gasteiger partial charge in [0.05, 0.1) is 6.04 Å². The fourth-order valence-electron chi connectivity index (χ4n) is 2.61. The van der Waals surface area contributed by atoms with Gasteiger partial charge in [-0.3, -0.25) is 0 Å². The van der Waals surface area contributed by atoms with Gasteiger partial charge in [-0.05, 0) is 38.5 Å². The smallest absolute Gasteiger partial charge is 0.109 e. The highest BCUT2D eigenvalue weighted by Crippen LogP contribution is 2.28. The van der Waals surface area contributed by atoms with Crippen LogP contribution in [0.25, 0.3) is 0 Å². The van der Waals surface area contributed by atoms with Gasteiger partial charge >= 0.3 is 0 Å². The fraction of sp³-hybridized carbons (Fsp3) is 0.769. The molecule has 1 fully saturated rings. The maximum absolute atomic E-state index is 4.37. The Morgan fingerprint density at radius 2 is 2.19 bits per heavy atom. The number of hydrogen-bond donors (Lipinski definition) is 1. The van der Waals surface area contributed by atoms with Crippen LogP contribution in [0.3, 0.4) is 0 Å². The molecule has 1 saturated carbocycles. The maximum Gasteiger partial charge on any atom is 0.109 e. The van der Waals surface area contributed by atoms with E-state index < -0.39 is 0 Å². The first-order valence-corrected chi connectivity index (χ1v) is 7.33. The second-order valence-electron chi connectivity index (χ2n) is 4.88. The van der Waals surface area contributed by atoms with Crippen molar-refractivity contribution in [2.24, 2.45) is 5.92 Å². The van der Waals surface area contributed by atoms with Gasteiger partial charge in [0.15, 0.2) is 0 Å². The largest absolute Gasteiger partial charge is 0.305 e. The Kier molecular flexibility index (Phi) is 4.36. The van der Waals surface area contributed by atoms with Crippen molar-refractivity contribution in [3.63, 3.8) is 0 Å². The van der Waals surface area contributed by atoms with E-state index in [2.05, 4.69) is 29.5 Å². The Morgan fingerprint density at radius 1 is 1.44 bits per heavy atom. The number of nitrogens with zero attached hydrogens (tertiary/aromatic N) is 1. The van der Waals surface area contributed by atoms with E-state index in [4.69, 9.17) is 0 Å². The van der Waals surface area contributed by atoms with Gasteiger partial charge < -0.3 is 5.32 Å². The third-order valence-corrected chi connectivity index (χ3v) is 4.69. The number of hydrogen-bond acceptors (Lipinski definition) is 3. The maximum atomic E-state index is 4.37. The average molecular weight is 238 g/mol. The fourth-order valence-corrected chi connectivity index (χ4v) is 3.27. The average Bonchev–Trinajstić information content (AvgIpc) is 2.83. The molecule has 0 spiro atoms. The van der Waals surface area contributed by atoms with Crippen LogP contribution in [0.5, 0.6) is 0 Å². The summed E-state index contributed by atoms with van der Waals surface area (Å²) in [6.45, 7) is 4.54. The molecule has 0 amide bonds. The minimum atomic E-state index is 0.420. The molecule has 1 aliphatic carbocycles. The normalized spacial score (nSPS) is 27.9. The molecule has 0 bridgehead atoms. The molecule has 0 saturated heterocycles. The molecule has 1 unspecified atom stereocenters. The van der Waals surface area contributed by atoms with E-state index in [9.17, 15) is 0 Å². The summed E-state index contributed by atoms with van der Waals surface area (Å²) in [5.74, 6) is 0.980. The minimum absolute atomic E-state index is 0.420. The van der Waals surface area contributed by atoms with Crippen LogP contribution in [0, 0.1) is 5.92 Å². The van der Waals surface area contributed by atoms with Gasteiger partial charge in [-0.1, -0.05) is 13.3 Å². The summed E-state index contributed by atoms with van der Waals surface area (Å²) in [4.78, 5) is 4.37. The molecule has 2 rings (SSSR count). The van der Waals surface area contributed by atoms with Gasteiger partial charge in [-0.2, -0.15) is 0 Å². The lowest BCUT2D eigenvalue weighted by molar-refractivity contribution is 0.273. The molecule has 1 N–H and O–H groups in total. The predicted octanol–water partition coefficient (Wildman–Crippen LogP) is 3.76. The third kappa shape index (κ3) is 3.05. The standard InChI is InChI=1S/C13H22N2S/c1-3-11-4-6-12(7-5-11)15-10(2)13-14-8-9-16-13/h8-12,15H,3-7H2,1-2H3. The molecule has 3 heteroatoms. The van der Waals surface area contributed by atoms with Gasteiger partial charge in [0, 0.05) is 17.6 Å². The van der Waals surface area contributed by atoms with Gasteiger partial charge in [-0.25, -0.2) is 4.98 Å². The van der Waals surface area contributed by atoms with Crippen molar-refractivity contribution < 1.29 is 0 Å². The second-order valence-corrected chi connectivity index (χ2v) is 5.81. The molecule has 2 nitrogen and oxygen atoms in total. The minimum Gasteiger partial charge on any atom is -0.305 e. The van der Waals surface area contributed by atoms with E-state index >= 15 is 0 Å². The first-order valence-electron chi connectivity index (χ1n) is 6.45. The molecular formula is C13H22N2S. The first kappa shape index (κ1) is 12.1. The summed E-state index contributed by atoms with van der Waals surface area (Å²) in [5.41, 5.74) is 0. The quantitative estimate of drug-likeness (QED) is 0.864. The zero-order valence-corrected chi connectivity index (χ0v) is 11.1. The zero-order valence-electron chi connectivity index (χ0n) is 10.3. The topological polar surface area (TPSA) is 24.9 Å². The van der Waals surface area contributed by atoms with Crippen LogP contribution in [-0.2, 0) is 0 Å². The summed E-state index contributed by atoms with van der Waals surface area (Å²) in [7, 11) is 0. The summed E-state index contributed by atoms with van der Waals surface area (Å²) in [6, 6.07) is 1.13. The van der Waals surface area contributed by atoms with E-state index in [-0.39, 0.29) is 0 Å². The lowest BCUT2D eigenvalue weighted by Crippen LogP contribution is -2.34. The summed E-state index contributed by atoms with van der Waals surface area (Å²) in [6.07, 6.45) is 8.74. The van der Waals surface area contributed by atoms with Gasteiger partial charge in [0.2, 0.25) is 0 Å². The lowest BCUT2D eigenvalue weighted by atomic mass is 9.84. The Hall–Kier alpha value is -0.410. The Balaban J connectivity index is 1.78. The van der Waals surface area contributed by atoms with Crippen LogP contribution in [0.1, 0.15) is 57.0 Å². The predicted molar refractivity (Wildman–Crippen MR) is 69.7 cm³/mol. The Morgan fingerprint density at radius 3 is 2.75 bits per heavy atom. The first-order chi connectivity index (χ1) is 7.79. The van der Waals surface area contributed by atoms with E-state index in [1.54, 1.807) is 11.3 Å². The summed E-state index contributed by atoms with van der Waals surface area (Å²) in [5, 5.41) is 6.99. The van der Waals surface area contributed by atoms with Gasteiger partial charge in [-0.15, -0.1) is 11.3 Å². The van der Waals surface area contributed by atoms with Crippen molar-refractivity contribution in [3.05, 3.63) is 16.6 Å². The highest BCUT2D eigenvalue weighted by molar-refractivity contribution is 7.09. The zero-order chi connectivity index (χ0) is 11.4. The van der Waals surface area contributed by atoms with Crippen molar-refractivity contribution in [3.8, 4) is 0 Å². The molecule has 0 radical (unpaired) electrons. The summed E-state index contributed by atoms with van der Waals surface area (Å²) < 4.78 is 0. The van der Waals surface area contributed by atoms with Crippen LogP contribution in [0.2, 0.25) is 0 Å². The SMILES string of the molecule is CCC1CCC(NC(C)c2nccs2)CC1. The van der Waals surface area contributed by atoms with Gasteiger partial charge in [0.25, 0.3) is 0 Å². The number of aromatic nitrogens is 1. The molecule has 1 aromatic heterocycles. The highest BCUT2D eigenvalue weighted by atomic mass is 32.1. The molecule has 1 aromatic rings. The number of rotatable bonds is 4. The highest BCUT2D eigenvalue weighted by Gasteiger charge is 2.21. The van der Waals surface area contributed by atoms with Crippen molar-refractivity contribution in [2.75, 3.05) is 0 Å². The molecule has 0 aliphatic heterocycles. The molecule has 0 aromatic carbocycles. The van der Waals surface area contributed by atoms with Crippen molar-refractivity contribution >= 4 is 11.3 Å². The molecule has 1 heterocycles. The Labute approximate surface area is 102 Å². The van der Waals surface area contributed by atoms with Crippen LogP contribution in [-0.4, -0.2) is 11.0 Å².